The van der Waals surface area contributed by atoms with Crippen molar-refractivity contribution in [2.45, 2.75) is 19.9 Å². The van der Waals surface area contributed by atoms with Gasteiger partial charge in [-0.2, -0.15) is 0 Å². The zero-order chi connectivity index (χ0) is 12.7. The minimum absolute atomic E-state index is 0.355. The third kappa shape index (κ3) is 1.61. The summed E-state index contributed by atoms with van der Waals surface area (Å²) in [5, 5.41) is 2.07. The number of nitrogens with zero attached hydrogens (tertiary/aromatic N) is 2. The molecule has 3 nitrogen and oxygen atoms in total. The van der Waals surface area contributed by atoms with Gasteiger partial charge in [-0.05, 0) is 37.4 Å². The molecule has 2 heterocycles. The number of nitrogen functional groups attached to an aromatic ring is 1. The molecule has 0 atom stereocenters. The van der Waals surface area contributed by atoms with E-state index in [4.69, 9.17) is 10.7 Å². The predicted octanol–water partition coefficient (Wildman–Crippen LogP) is 3.93. The van der Waals surface area contributed by atoms with Crippen molar-refractivity contribution in [1.82, 2.24) is 9.55 Å². The van der Waals surface area contributed by atoms with Crippen LogP contribution in [-0.2, 0) is 0 Å². The van der Waals surface area contributed by atoms with Crippen LogP contribution in [0.25, 0.3) is 21.7 Å². The molecule has 0 bridgehead atoms. The van der Waals surface area contributed by atoms with Gasteiger partial charge in [0.15, 0.2) is 5.82 Å². The Balaban J connectivity index is 2.38. The Hall–Kier alpha value is -1.81. The Kier molecular flexibility index (Phi) is 2.59. The molecule has 2 aromatic heterocycles. The second-order valence-electron chi connectivity index (χ2n) is 4.59. The van der Waals surface area contributed by atoms with E-state index < -0.39 is 0 Å². The molecule has 0 saturated heterocycles. The summed E-state index contributed by atoms with van der Waals surface area (Å²) in [6.07, 6.45) is 0. The highest BCUT2D eigenvalue weighted by atomic mass is 32.1. The van der Waals surface area contributed by atoms with E-state index in [-0.39, 0.29) is 0 Å². The lowest BCUT2D eigenvalue weighted by Crippen LogP contribution is -2.02. The number of benzene rings is 1. The quantitative estimate of drug-likeness (QED) is 0.707. The van der Waals surface area contributed by atoms with Crippen molar-refractivity contribution in [3.63, 3.8) is 0 Å². The lowest BCUT2D eigenvalue weighted by atomic mass is 10.2. The molecule has 0 aliphatic carbocycles. The molecule has 0 aliphatic heterocycles. The third-order valence-electron chi connectivity index (χ3n) is 3.01. The summed E-state index contributed by atoms with van der Waals surface area (Å²) >= 11 is 1.70. The van der Waals surface area contributed by atoms with Gasteiger partial charge < -0.3 is 10.3 Å². The van der Waals surface area contributed by atoms with E-state index >= 15 is 0 Å². The molecular formula is C14H15N3S. The van der Waals surface area contributed by atoms with Gasteiger partial charge in [-0.1, -0.05) is 12.1 Å². The smallest absolute Gasteiger partial charge is 0.151 e. The van der Waals surface area contributed by atoms with Crippen molar-refractivity contribution >= 4 is 28.1 Å². The van der Waals surface area contributed by atoms with Gasteiger partial charge in [-0.3, -0.25) is 0 Å². The topological polar surface area (TPSA) is 43.8 Å². The molecule has 3 rings (SSSR count). The van der Waals surface area contributed by atoms with Crippen LogP contribution < -0.4 is 5.73 Å². The second kappa shape index (κ2) is 4.14. The van der Waals surface area contributed by atoms with E-state index in [1.165, 1.54) is 4.88 Å². The number of aromatic nitrogens is 2. The maximum absolute atomic E-state index is 6.02. The first kappa shape index (κ1) is 11.3. The van der Waals surface area contributed by atoms with Gasteiger partial charge in [0.05, 0.1) is 16.1 Å². The SMILES string of the molecule is CC(C)n1c(-c2cccs2)nc2c(N)cccc21. The standard InChI is InChI=1S/C14H15N3S/c1-9(2)17-11-6-3-5-10(15)13(11)16-14(17)12-7-4-8-18-12/h3-9H,15H2,1-2H3. The number of hydrogen-bond donors (Lipinski definition) is 1. The van der Waals surface area contributed by atoms with E-state index in [9.17, 15) is 0 Å². The Morgan fingerprint density at radius 1 is 1.22 bits per heavy atom. The van der Waals surface area contributed by atoms with E-state index in [1.54, 1.807) is 11.3 Å². The molecule has 0 aliphatic rings. The average molecular weight is 257 g/mol. The molecule has 18 heavy (non-hydrogen) atoms. The van der Waals surface area contributed by atoms with Crippen LogP contribution in [0.1, 0.15) is 19.9 Å². The molecule has 0 spiro atoms. The highest BCUT2D eigenvalue weighted by Gasteiger charge is 2.16. The third-order valence-corrected chi connectivity index (χ3v) is 3.88. The maximum Gasteiger partial charge on any atom is 0.151 e. The van der Waals surface area contributed by atoms with Crippen LogP contribution in [0.5, 0.6) is 0 Å². The number of hydrogen-bond acceptors (Lipinski definition) is 3. The molecule has 2 N–H and O–H groups in total. The number of rotatable bonds is 2. The fourth-order valence-electron chi connectivity index (χ4n) is 2.24. The van der Waals surface area contributed by atoms with Crippen molar-refractivity contribution in [3.8, 4) is 10.7 Å². The summed E-state index contributed by atoms with van der Waals surface area (Å²) in [6.45, 7) is 4.34. The van der Waals surface area contributed by atoms with E-state index in [1.807, 2.05) is 18.2 Å². The molecule has 0 fully saturated rings. The van der Waals surface area contributed by atoms with Gasteiger partial charge in [0, 0.05) is 6.04 Å². The number of anilines is 1. The summed E-state index contributed by atoms with van der Waals surface area (Å²) in [7, 11) is 0. The second-order valence-corrected chi connectivity index (χ2v) is 5.54. The van der Waals surface area contributed by atoms with Crippen LogP contribution in [0.15, 0.2) is 35.7 Å². The summed E-state index contributed by atoms with van der Waals surface area (Å²) in [6, 6.07) is 10.5. The van der Waals surface area contributed by atoms with E-state index in [0.717, 1.165) is 22.5 Å². The fourth-order valence-corrected chi connectivity index (χ4v) is 2.95. The van der Waals surface area contributed by atoms with Crippen LogP contribution >= 0.6 is 11.3 Å². The molecule has 0 saturated carbocycles. The highest BCUT2D eigenvalue weighted by molar-refractivity contribution is 7.13. The first-order valence-electron chi connectivity index (χ1n) is 5.99. The molecule has 4 heteroatoms. The average Bonchev–Trinajstić information content (AvgIpc) is 2.95. The Morgan fingerprint density at radius 3 is 2.72 bits per heavy atom. The van der Waals surface area contributed by atoms with Gasteiger partial charge >= 0.3 is 0 Å². The van der Waals surface area contributed by atoms with Crippen LogP contribution in [0.4, 0.5) is 5.69 Å². The molecule has 3 aromatic rings. The first-order valence-corrected chi connectivity index (χ1v) is 6.86. The van der Waals surface area contributed by atoms with Gasteiger partial charge in [-0.15, -0.1) is 11.3 Å². The maximum atomic E-state index is 6.02. The fraction of sp³-hybridized carbons (Fsp3) is 0.214. The number of fused-ring (bicyclic) bond motifs is 1. The van der Waals surface area contributed by atoms with E-state index in [0.29, 0.717) is 6.04 Å². The monoisotopic (exact) mass is 257 g/mol. The number of nitrogens with two attached hydrogens (primary N) is 1. The van der Waals surface area contributed by atoms with Gasteiger partial charge in [0.25, 0.3) is 0 Å². The number of thiophene rings is 1. The zero-order valence-electron chi connectivity index (χ0n) is 10.4. The van der Waals surface area contributed by atoms with Gasteiger partial charge in [-0.25, -0.2) is 4.98 Å². The van der Waals surface area contributed by atoms with Crippen LogP contribution in [0.3, 0.4) is 0 Å². The minimum Gasteiger partial charge on any atom is -0.397 e. The summed E-state index contributed by atoms with van der Waals surface area (Å²) in [5.41, 5.74) is 8.76. The van der Waals surface area contributed by atoms with E-state index in [2.05, 4.69) is 35.9 Å². The van der Waals surface area contributed by atoms with Crippen molar-refractivity contribution in [2.75, 3.05) is 5.73 Å². The Labute approximate surface area is 110 Å². The summed E-state index contributed by atoms with van der Waals surface area (Å²) < 4.78 is 2.25. The van der Waals surface area contributed by atoms with Crippen molar-refractivity contribution in [3.05, 3.63) is 35.7 Å². The lowest BCUT2D eigenvalue weighted by molar-refractivity contribution is 0.625. The lowest BCUT2D eigenvalue weighted by Gasteiger charge is -2.12. The molecule has 0 radical (unpaired) electrons. The van der Waals surface area contributed by atoms with Crippen LogP contribution in [0.2, 0.25) is 0 Å². The molecule has 0 unspecified atom stereocenters. The normalized spacial score (nSPS) is 11.5. The first-order chi connectivity index (χ1) is 8.68. The summed E-state index contributed by atoms with van der Waals surface area (Å²) in [5.74, 6) is 1.01. The number of imidazole rings is 1. The van der Waals surface area contributed by atoms with Crippen molar-refractivity contribution in [2.24, 2.45) is 0 Å². The number of para-hydroxylation sites is 1. The largest absolute Gasteiger partial charge is 0.397 e. The molecule has 0 amide bonds. The van der Waals surface area contributed by atoms with Crippen molar-refractivity contribution in [1.29, 1.82) is 0 Å². The zero-order valence-corrected chi connectivity index (χ0v) is 11.2. The van der Waals surface area contributed by atoms with Crippen molar-refractivity contribution < 1.29 is 0 Å². The van der Waals surface area contributed by atoms with Crippen LogP contribution in [-0.4, -0.2) is 9.55 Å². The molecule has 92 valence electrons. The van der Waals surface area contributed by atoms with Gasteiger partial charge in [0.1, 0.15) is 5.52 Å². The molecule has 1 aromatic carbocycles. The molecular weight excluding hydrogens is 242 g/mol. The highest BCUT2D eigenvalue weighted by Crippen LogP contribution is 2.32. The van der Waals surface area contributed by atoms with Crippen LogP contribution in [0, 0.1) is 0 Å². The summed E-state index contributed by atoms with van der Waals surface area (Å²) in [4.78, 5) is 5.90. The predicted molar refractivity (Wildman–Crippen MR) is 77.8 cm³/mol. The Morgan fingerprint density at radius 2 is 2.06 bits per heavy atom. The van der Waals surface area contributed by atoms with Gasteiger partial charge in [0.2, 0.25) is 0 Å². The minimum atomic E-state index is 0.355. The Bertz CT molecular complexity index is 680.